The fourth-order valence-corrected chi connectivity index (χ4v) is 3.34. The molecule has 0 radical (unpaired) electrons. The van der Waals surface area contributed by atoms with E-state index in [1.165, 1.54) is 0 Å². The lowest BCUT2D eigenvalue weighted by molar-refractivity contribution is -0.122. The summed E-state index contributed by atoms with van der Waals surface area (Å²) in [6, 6.07) is 5.97. The van der Waals surface area contributed by atoms with Crippen molar-refractivity contribution in [2.24, 2.45) is 0 Å². The molecule has 1 amide bonds. The molecule has 6 nitrogen and oxygen atoms in total. The zero-order valence-corrected chi connectivity index (χ0v) is 16.9. The summed E-state index contributed by atoms with van der Waals surface area (Å²) in [5.41, 5.74) is 1.93. The number of rotatable bonds is 9. The molecule has 1 heterocycles. The van der Waals surface area contributed by atoms with E-state index in [1.54, 1.807) is 18.4 Å². The number of likely N-dealkylation sites (N-methyl/N-ethyl adjacent to an activating group) is 1. The van der Waals surface area contributed by atoms with E-state index in [9.17, 15) is 4.79 Å². The Morgan fingerprint density at radius 3 is 2.77 bits per heavy atom. The van der Waals surface area contributed by atoms with Crippen molar-refractivity contribution in [1.29, 1.82) is 0 Å². The average Bonchev–Trinajstić information content (AvgIpc) is 3.02. The van der Waals surface area contributed by atoms with Gasteiger partial charge in [0.1, 0.15) is 5.01 Å². The van der Waals surface area contributed by atoms with Gasteiger partial charge in [0.2, 0.25) is 5.91 Å². The molecule has 142 valence electrons. The second kappa shape index (κ2) is 9.54. The maximum Gasteiger partial charge on any atom is 0.234 e. The Hall–Kier alpha value is -2.12. The summed E-state index contributed by atoms with van der Waals surface area (Å²) >= 11 is 1.58. The Labute approximate surface area is 159 Å². The molecular weight excluding hydrogens is 350 g/mol. The molecule has 2 aromatic rings. The molecule has 0 spiro atoms. The van der Waals surface area contributed by atoms with Gasteiger partial charge in [-0.2, -0.15) is 0 Å². The number of nitrogens with zero attached hydrogens (tertiary/aromatic N) is 2. The lowest BCUT2D eigenvalue weighted by Crippen LogP contribution is -2.38. The number of carbonyl (C=O) groups excluding carboxylic acids is 1. The van der Waals surface area contributed by atoms with Crippen LogP contribution in [0.3, 0.4) is 0 Å². The second-order valence-corrected chi connectivity index (χ2v) is 7.20. The number of thiazole rings is 1. The van der Waals surface area contributed by atoms with Crippen LogP contribution in [-0.4, -0.2) is 49.1 Å². The smallest absolute Gasteiger partial charge is 0.234 e. The SMILES string of the molecule is CCOc1ccc(-c2nc(CN(C)CC(=O)NC(C)C)cs2)cc1OC. The first-order chi connectivity index (χ1) is 12.4. The Morgan fingerprint density at radius 2 is 2.12 bits per heavy atom. The van der Waals surface area contributed by atoms with E-state index in [0.717, 1.165) is 22.0 Å². The van der Waals surface area contributed by atoms with E-state index in [4.69, 9.17) is 9.47 Å². The zero-order valence-electron chi connectivity index (χ0n) is 16.0. The summed E-state index contributed by atoms with van der Waals surface area (Å²) in [5.74, 6) is 1.45. The van der Waals surface area contributed by atoms with Crippen LogP contribution in [0.5, 0.6) is 11.5 Å². The topological polar surface area (TPSA) is 63.7 Å². The van der Waals surface area contributed by atoms with Gasteiger partial charge in [0.15, 0.2) is 11.5 Å². The minimum absolute atomic E-state index is 0.0224. The molecule has 7 heteroatoms. The third kappa shape index (κ3) is 5.71. The predicted octanol–water partition coefficient (Wildman–Crippen LogP) is 3.17. The van der Waals surface area contributed by atoms with E-state index in [-0.39, 0.29) is 11.9 Å². The van der Waals surface area contributed by atoms with Gasteiger partial charge in [-0.1, -0.05) is 0 Å². The summed E-state index contributed by atoms with van der Waals surface area (Å²) in [6.45, 7) is 7.41. The van der Waals surface area contributed by atoms with Gasteiger partial charge in [-0.25, -0.2) is 4.98 Å². The van der Waals surface area contributed by atoms with Crippen molar-refractivity contribution in [2.75, 3.05) is 27.3 Å². The zero-order chi connectivity index (χ0) is 19.1. The van der Waals surface area contributed by atoms with E-state index in [1.807, 2.05) is 56.3 Å². The third-order valence-corrected chi connectivity index (χ3v) is 4.50. The van der Waals surface area contributed by atoms with Crippen LogP contribution in [0.4, 0.5) is 0 Å². The second-order valence-electron chi connectivity index (χ2n) is 6.34. The number of carbonyl (C=O) groups is 1. The molecule has 0 saturated heterocycles. The van der Waals surface area contributed by atoms with E-state index < -0.39 is 0 Å². The van der Waals surface area contributed by atoms with Gasteiger partial charge in [0.25, 0.3) is 0 Å². The van der Waals surface area contributed by atoms with Crippen LogP contribution in [0, 0.1) is 0 Å². The van der Waals surface area contributed by atoms with Crippen LogP contribution in [-0.2, 0) is 11.3 Å². The molecule has 1 N–H and O–H groups in total. The summed E-state index contributed by atoms with van der Waals surface area (Å²) in [6.07, 6.45) is 0. The predicted molar refractivity (Wildman–Crippen MR) is 105 cm³/mol. The summed E-state index contributed by atoms with van der Waals surface area (Å²) in [7, 11) is 3.55. The maximum absolute atomic E-state index is 11.8. The molecule has 2 rings (SSSR count). The molecule has 1 aromatic heterocycles. The van der Waals surface area contributed by atoms with Crippen LogP contribution in [0.15, 0.2) is 23.6 Å². The van der Waals surface area contributed by atoms with Gasteiger partial charge in [0, 0.05) is 23.5 Å². The quantitative estimate of drug-likeness (QED) is 0.727. The van der Waals surface area contributed by atoms with Crippen molar-refractivity contribution in [2.45, 2.75) is 33.4 Å². The number of aromatic nitrogens is 1. The largest absolute Gasteiger partial charge is 0.493 e. The van der Waals surface area contributed by atoms with Crippen LogP contribution in [0.2, 0.25) is 0 Å². The molecule has 0 aliphatic heterocycles. The number of methoxy groups -OCH3 is 1. The maximum atomic E-state index is 11.8. The first kappa shape index (κ1) is 20.2. The van der Waals surface area contributed by atoms with Crippen LogP contribution < -0.4 is 14.8 Å². The van der Waals surface area contributed by atoms with Gasteiger partial charge < -0.3 is 14.8 Å². The summed E-state index contributed by atoms with van der Waals surface area (Å²) in [4.78, 5) is 18.5. The molecule has 1 aromatic carbocycles. The number of amides is 1. The molecule has 0 bridgehead atoms. The number of ether oxygens (including phenoxy) is 2. The standard InChI is InChI=1S/C19H27N3O3S/c1-6-25-16-8-7-14(9-17(16)24-5)19-21-15(12-26-19)10-22(4)11-18(23)20-13(2)3/h7-9,12-13H,6,10-11H2,1-5H3,(H,20,23). The summed E-state index contributed by atoms with van der Waals surface area (Å²) < 4.78 is 11.0. The molecule has 0 aliphatic rings. The molecule has 0 saturated carbocycles. The molecule has 0 atom stereocenters. The van der Waals surface area contributed by atoms with Crippen molar-refractivity contribution >= 4 is 17.2 Å². The van der Waals surface area contributed by atoms with Gasteiger partial charge in [-0.05, 0) is 46.0 Å². The normalized spacial score (nSPS) is 11.0. The summed E-state index contributed by atoms with van der Waals surface area (Å²) in [5, 5.41) is 5.84. The van der Waals surface area contributed by atoms with Crippen molar-refractivity contribution in [1.82, 2.24) is 15.2 Å². The monoisotopic (exact) mass is 377 g/mol. The van der Waals surface area contributed by atoms with Crippen molar-refractivity contribution in [3.05, 3.63) is 29.3 Å². The lowest BCUT2D eigenvalue weighted by atomic mass is 10.2. The fraction of sp³-hybridized carbons (Fsp3) is 0.474. The number of benzene rings is 1. The third-order valence-electron chi connectivity index (χ3n) is 3.56. The molecule has 0 aliphatic carbocycles. The molecule has 26 heavy (non-hydrogen) atoms. The minimum Gasteiger partial charge on any atom is -0.493 e. The van der Waals surface area contributed by atoms with Gasteiger partial charge in [-0.15, -0.1) is 11.3 Å². The van der Waals surface area contributed by atoms with E-state index >= 15 is 0 Å². The van der Waals surface area contributed by atoms with Crippen LogP contribution >= 0.6 is 11.3 Å². The van der Waals surface area contributed by atoms with Crippen LogP contribution in [0.25, 0.3) is 10.6 Å². The minimum atomic E-state index is 0.0224. The Balaban J connectivity index is 2.04. The highest BCUT2D eigenvalue weighted by atomic mass is 32.1. The highest BCUT2D eigenvalue weighted by molar-refractivity contribution is 7.13. The van der Waals surface area contributed by atoms with Crippen LogP contribution in [0.1, 0.15) is 26.5 Å². The highest BCUT2D eigenvalue weighted by Gasteiger charge is 2.12. The average molecular weight is 378 g/mol. The fourth-order valence-electron chi connectivity index (χ4n) is 2.53. The van der Waals surface area contributed by atoms with Gasteiger partial charge in [0.05, 0.1) is 26.0 Å². The number of nitrogens with one attached hydrogen (secondary N) is 1. The van der Waals surface area contributed by atoms with Crippen molar-refractivity contribution < 1.29 is 14.3 Å². The van der Waals surface area contributed by atoms with E-state index in [2.05, 4.69) is 10.3 Å². The van der Waals surface area contributed by atoms with Crippen molar-refractivity contribution in [3.63, 3.8) is 0 Å². The molecule has 0 unspecified atom stereocenters. The first-order valence-electron chi connectivity index (χ1n) is 8.66. The Kier molecular flexibility index (Phi) is 7.41. The first-order valence-corrected chi connectivity index (χ1v) is 9.54. The Bertz CT molecular complexity index is 731. The Morgan fingerprint density at radius 1 is 1.35 bits per heavy atom. The van der Waals surface area contributed by atoms with Gasteiger partial charge >= 0.3 is 0 Å². The number of hydrogen-bond donors (Lipinski definition) is 1. The highest BCUT2D eigenvalue weighted by Crippen LogP contribution is 2.33. The lowest BCUT2D eigenvalue weighted by Gasteiger charge is -2.16. The molecule has 0 fully saturated rings. The van der Waals surface area contributed by atoms with Gasteiger partial charge in [-0.3, -0.25) is 9.69 Å². The molecular formula is C19H27N3O3S. The van der Waals surface area contributed by atoms with E-state index in [0.29, 0.717) is 25.4 Å². The number of hydrogen-bond acceptors (Lipinski definition) is 6. The van der Waals surface area contributed by atoms with Crippen molar-refractivity contribution in [3.8, 4) is 22.1 Å².